The lowest BCUT2D eigenvalue weighted by Gasteiger charge is -2.18. The fourth-order valence-electron chi connectivity index (χ4n) is 2.61. The maximum atomic E-state index is 12.1. The number of carbonyl (C=O) groups is 2. The first-order valence-electron chi connectivity index (χ1n) is 7.39. The molecule has 0 spiro atoms. The van der Waals surface area contributed by atoms with Crippen LogP contribution in [-0.4, -0.2) is 39.7 Å². The minimum absolute atomic E-state index is 0.143. The van der Waals surface area contributed by atoms with Crippen molar-refractivity contribution in [3.05, 3.63) is 17.5 Å². The summed E-state index contributed by atoms with van der Waals surface area (Å²) < 4.78 is 6.68. The van der Waals surface area contributed by atoms with Crippen LogP contribution in [0, 0.1) is 11.8 Å². The van der Waals surface area contributed by atoms with Gasteiger partial charge in [0.2, 0.25) is 5.91 Å². The summed E-state index contributed by atoms with van der Waals surface area (Å²) in [6, 6.07) is 0. The first-order chi connectivity index (χ1) is 9.93. The number of hydrogen-bond acceptors (Lipinski definition) is 4. The zero-order valence-corrected chi connectivity index (χ0v) is 13.1. The molecular weight excluding hydrogens is 270 g/mol. The molecule has 21 heavy (non-hydrogen) atoms. The van der Waals surface area contributed by atoms with E-state index in [4.69, 9.17) is 4.74 Å². The molecule has 1 aromatic rings. The molecule has 1 unspecified atom stereocenters. The Balaban J connectivity index is 2.15. The molecule has 1 aliphatic rings. The fraction of sp³-hybridized carbons (Fsp3) is 0.667. The van der Waals surface area contributed by atoms with Crippen LogP contribution in [0.15, 0.2) is 6.20 Å². The van der Waals surface area contributed by atoms with Gasteiger partial charge in [0.15, 0.2) is 0 Å². The van der Waals surface area contributed by atoms with Gasteiger partial charge in [0.25, 0.3) is 0 Å². The summed E-state index contributed by atoms with van der Waals surface area (Å²) in [5.41, 5.74) is 1.17. The van der Waals surface area contributed by atoms with Crippen LogP contribution < -0.4 is 0 Å². The van der Waals surface area contributed by atoms with Gasteiger partial charge in [-0.2, -0.15) is 5.10 Å². The van der Waals surface area contributed by atoms with Crippen LogP contribution in [0.5, 0.6) is 0 Å². The molecule has 0 aromatic carbocycles. The SMILES string of the molecule is CCOC(=O)c1cnn(C)c1CN1CC(C(C)C)CC1=O. The van der Waals surface area contributed by atoms with Crippen LogP contribution in [0.2, 0.25) is 0 Å². The molecule has 0 N–H and O–H groups in total. The van der Waals surface area contributed by atoms with Crippen molar-refractivity contribution in [1.82, 2.24) is 14.7 Å². The van der Waals surface area contributed by atoms with Crippen LogP contribution in [0.1, 0.15) is 43.2 Å². The van der Waals surface area contributed by atoms with E-state index >= 15 is 0 Å². The minimum Gasteiger partial charge on any atom is -0.462 e. The monoisotopic (exact) mass is 293 g/mol. The van der Waals surface area contributed by atoms with Crippen molar-refractivity contribution in [3.8, 4) is 0 Å². The Hall–Kier alpha value is -1.85. The normalized spacial score (nSPS) is 18.6. The molecule has 1 saturated heterocycles. The molecule has 6 nitrogen and oxygen atoms in total. The van der Waals surface area contributed by atoms with Crippen molar-refractivity contribution in [3.63, 3.8) is 0 Å². The Morgan fingerprint density at radius 2 is 2.24 bits per heavy atom. The smallest absolute Gasteiger partial charge is 0.341 e. The van der Waals surface area contributed by atoms with Gasteiger partial charge in [-0.15, -0.1) is 0 Å². The van der Waals surface area contributed by atoms with Gasteiger partial charge >= 0.3 is 5.97 Å². The molecule has 0 bridgehead atoms. The predicted octanol–water partition coefficient (Wildman–Crippen LogP) is 1.60. The second kappa shape index (κ2) is 6.28. The van der Waals surface area contributed by atoms with Crippen molar-refractivity contribution in [2.24, 2.45) is 18.9 Å². The second-order valence-electron chi connectivity index (χ2n) is 5.83. The molecule has 0 saturated carbocycles. The lowest BCUT2D eigenvalue weighted by atomic mass is 9.95. The number of nitrogens with zero attached hydrogens (tertiary/aromatic N) is 3. The molecule has 116 valence electrons. The number of amides is 1. The predicted molar refractivity (Wildman–Crippen MR) is 77.5 cm³/mol. The Kier molecular flexibility index (Phi) is 4.65. The molecule has 0 radical (unpaired) electrons. The van der Waals surface area contributed by atoms with E-state index in [0.717, 1.165) is 12.2 Å². The molecule has 1 aromatic heterocycles. The standard InChI is InChI=1S/C15H23N3O3/c1-5-21-15(20)12-7-16-17(4)13(12)9-18-8-11(10(2)3)6-14(18)19/h7,10-11H,5-6,8-9H2,1-4H3. The lowest BCUT2D eigenvalue weighted by Crippen LogP contribution is -2.27. The quantitative estimate of drug-likeness (QED) is 0.774. The summed E-state index contributed by atoms with van der Waals surface area (Å²) in [6.07, 6.45) is 2.10. The molecule has 1 aliphatic heterocycles. The van der Waals surface area contributed by atoms with Crippen LogP contribution in [0.3, 0.4) is 0 Å². The highest BCUT2D eigenvalue weighted by molar-refractivity contribution is 5.90. The summed E-state index contributed by atoms with van der Waals surface area (Å²) in [6.45, 7) is 7.51. The number of rotatable bonds is 5. The fourth-order valence-corrected chi connectivity index (χ4v) is 2.61. The van der Waals surface area contributed by atoms with E-state index in [1.165, 1.54) is 6.20 Å². The number of hydrogen-bond donors (Lipinski definition) is 0. The van der Waals surface area contributed by atoms with Crippen LogP contribution in [0.4, 0.5) is 0 Å². The average Bonchev–Trinajstić information content (AvgIpc) is 2.96. The molecule has 1 amide bonds. The van der Waals surface area contributed by atoms with Gasteiger partial charge in [-0.3, -0.25) is 9.48 Å². The van der Waals surface area contributed by atoms with Gasteiger partial charge in [-0.25, -0.2) is 4.79 Å². The van der Waals surface area contributed by atoms with Gasteiger partial charge in [0, 0.05) is 20.0 Å². The Bertz CT molecular complexity index is 536. The third kappa shape index (κ3) is 3.25. The summed E-state index contributed by atoms with van der Waals surface area (Å²) in [5, 5.41) is 4.12. The van der Waals surface area contributed by atoms with E-state index in [0.29, 0.717) is 37.0 Å². The third-order valence-electron chi connectivity index (χ3n) is 4.08. The summed E-state index contributed by atoms with van der Waals surface area (Å²) in [4.78, 5) is 25.9. The second-order valence-corrected chi connectivity index (χ2v) is 5.83. The largest absolute Gasteiger partial charge is 0.462 e. The van der Waals surface area contributed by atoms with E-state index in [2.05, 4.69) is 18.9 Å². The van der Waals surface area contributed by atoms with E-state index in [9.17, 15) is 9.59 Å². The van der Waals surface area contributed by atoms with Gasteiger partial charge in [0.1, 0.15) is 5.56 Å². The van der Waals surface area contributed by atoms with Gasteiger partial charge < -0.3 is 9.64 Å². The number of aryl methyl sites for hydroxylation is 1. The number of likely N-dealkylation sites (tertiary alicyclic amines) is 1. The van der Waals surface area contributed by atoms with Gasteiger partial charge in [-0.05, 0) is 18.8 Å². The minimum atomic E-state index is -0.382. The highest BCUT2D eigenvalue weighted by Gasteiger charge is 2.32. The summed E-state index contributed by atoms with van der Waals surface area (Å²) >= 11 is 0. The molecule has 6 heteroatoms. The van der Waals surface area contributed by atoms with E-state index < -0.39 is 0 Å². The summed E-state index contributed by atoms with van der Waals surface area (Å²) in [7, 11) is 1.78. The van der Waals surface area contributed by atoms with Crippen molar-refractivity contribution in [2.75, 3.05) is 13.2 Å². The molecule has 2 heterocycles. The van der Waals surface area contributed by atoms with Crippen molar-refractivity contribution >= 4 is 11.9 Å². The number of ether oxygens (including phenoxy) is 1. The Labute approximate surface area is 125 Å². The number of carbonyl (C=O) groups excluding carboxylic acids is 2. The van der Waals surface area contributed by atoms with Gasteiger partial charge in [-0.1, -0.05) is 13.8 Å². The number of esters is 1. The third-order valence-corrected chi connectivity index (χ3v) is 4.08. The van der Waals surface area contributed by atoms with E-state index in [-0.39, 0.29) is 11.9 Å². The summed E-state index contributed by atoms with van der Waals surface area (Å²) in [5.74, 6) is 0.629. The average molecular weight is 293 g/mol. The maximum Gasteiger partial charge on any atom is 0.341 e. The first-order valence-corrected chi connectivity index (χ1v) is 7.39. The maximum absolute atomic E-state index is 12.1. The first kappa shape index (κ1) is 15.5. The molecule has 2 rings (SSSR count). The van der Waals surface area contributed by atoms with Crippen molar-refractivity contribution in [1.29, 1.82) is 0 Å². The van der Waals surface area contributed by atoms with Crippen molar-refractivity contribution < 1.29 is 14.3 Å². The molecular formula is C15H23N3O3. The van der Waals surface area contributed by atoms with Crippen LogP contribution in [0.25, 0.3) is 0 Å². The zero-order valence-electron chi connectivity index (χ0n) is 13.1. The zero-order chi connectivity index (χ0) is 15.6. The van der Waals surface area contributed by atoms with E-state index in [1.54, 1.807) is 18.7 Å². The van der Waals surface area contributed by atoms with E-state index in [1.807, 2.05) is 4.90 Å². The van der Waals surface area contributed by atoms with Crippen molar-refractivity contribution in [2.45, 2.75) is 33.7 Å². The van der Waals surface area contributed by atoms with Crippen LogP contribution >= 0.6 is 0 Å². The molecule has 1 atom stereocenters. The lowest BCUT2D eigenvalue weighted by molar-refractivity contribution is -0.128. The molecule has 1 fully saturated rings. The highest BCUT2D eigenvalue weighted by atomic mass is 16.5. The molecule has 0 aliphatic carbocycles. The Morgan fingerprint density at radius 1 is 1.52 bits per heavy atom. The van der Waals surface area contributed by atoms with Crippen LogP contribution in [-0.2, 0) is 23.1 Å². The highest BCUT2D eigenvalue weighted by Crippen LogP contribution is 2.26. The number of aromatic nitrogens is 2. The topological polar surface area (TPSA) is 64.4 Å². The Morgan fingerprint density at radius 3 is 2.81 bits per heavy atom. The van der Waals surface area contributed by atoms with Gasteiger partial charge in [0.05, 0.1) is 25.0 Å².